The van der Waals surface area contributed by atoms with Gasteiger partial charge < -0.3 is 14.9 Å². The third-order valence-corrected chi connectivity index (χ3v) is 5.73. The second-order valence-corrected chi connectivity index (χ2v) is 7.67. The first-order chi connectivity index (χ1) is 14.3. The van der Waals surface area contributed by atoms with E-state index in [2.05, 4.69) is 32.0 Å². The number of hydrogen-bond acceptors (Lipinski definition) is 2. The number of para-hydroxylation sites is 1. The predicted molar refractivity (Wildman–Crippen MR) is 116 cm³/mol. The van der Waals surface area contributed by atoms with Gasteiger partial charge in [0.2, 0.25) is 5.91 Å². The first-order valence-electron chi connectivity index (χ1n) is 10.3. The highest BCUT2D eigenvalue weighted by molar-refractivity contribution is 5.91. The number of benzene rings is 2. The van der Waals surface area contributed by atoms with Crippen LogP contribution < -0.4 is 5.32 Å². The van der Waals surface area contributed by atoms with Gasteiger partial charge in [-0.3, -0.25) is 4.79 Å². The van der Waals surface area contributed by atoms with E-state index >= 15 is 0 Å². The van der Waals surface area contributed by atoms with Crippen molar-refractivity contribution in [2.75, 3.05) is 5.32 Å². The summed E-state index contributed by atoms with van der Waals surface area (Å²) in [5.74, 6) is 1.05. The molecular formula is C24H24N4O. The van der Waals surface area contributed by atoms with Crippen molar-refractivity contribution < 1.29 is 4.79 Å². The van der Waals surface area contributed by atoms with Crippen LogP contribution in [0.4, 0.5) is 5.69 Å². The number of amides is 1. The number of aromatic amines is 1. The third kappa shape index (κ3) is 3.56. The van der Waals surface area contributed by atoms with Crippen LogP contribution in [0.25, 0.3) is 22.3 Å². The molecule has 0 saturated carbocycles. The molecule has 0 atom stereocenters. The number of aryl methyl sites for hydroxylation is 2. The number of fused-ring (bicyclic) bond motifs is 2. The molecule has 0 unspecified atom stereocenters. The maximum atomic E-state index is 12.4. The number of hydrogen-bond donors (Lipinski definition) is 2. The van der Waals surface area contributed by atoms with Gasteiger partial charge in [-0.15, -0.1) is 0 Å². The van der Waals surface area contributed by atoms with Gasteiger partial charge in [0.25, 0.3) is 0 Å². The molecule has 1 aliphatic rings. The Morgan fingerprint density at radius 2 is 1.97 bits per heavy atom. The van der Waals surface area contributed by atoms with Crippen molar-refractivity contribution >= 4 is 22.5 Å². The molecule has 0 spiro atoms. The Labute approximate surface area is 169 Å². The monoisotopic (exact) mass is 384 g/mol. The molecule has 5 heteroatoms. The lowest BCUT2D eigenvalue weighted by molar-refractivity contribution is -0.116. The van der Waals surface area contributed by atoms with Gasteiger partial charge in [-0.1, -0.05) is 18.2 Å². The molecule has 2 N–H and O–H groups in total. The highest BCUT2D eigenvalue weighted by Gasteiger charge is 2.15. The lowest BCUT2D eigenvalue weighted by Crippen LogP contribution is -2.12. The maximum absolute atomic E-state index is 12.4. The highest BCUT2D eigenvalue weighted by Crippen LogP contribution is 2.26. The molecule has 3 heterocycles. The van der Waals surface area contributed by atoms with Crippen LogP contribution in [0.5, 0.6) is 0 Å². The number of H-pyrrole nitrogens is 1. The van der Waals surface area contributed by atoms with Gasteiger partial charge in [0.1, 0.15) is 5.82 Å². The average Bonchev–Trinajstić information content (AvgIpc) is 3.37. The Morgan fingerprint density at radius 1 is 1.10 bits per heavy atom. The SMILES string of the molecule is O=C(CCc1c[nH]c2ccccc12)Nc1ccc(-c2ncc3n2CCCC3)cc1. The minimum absolute atomic E-state index is 0.0289. The van der Waals surface area contributed by atoms with E-state index in [-0.39, 0.29) is 5.91 Å². The number of carbonyl (C=O) groups is 1. The van der Waals surface area contributed by atoms with Crippen molar-refractivity contribution in [3.8, 4) is 11.4 Å². The van der Waals surface area contributed by atoms with E-state index in [4.69, 9.17) is 0 Å². The zero-order valence-corrected chi connectivity index (χ0v) is 16.3. The molecule has 5 nitrogen and oxygen atoms in total. The quantitative estimate of drug-likeness (QED) is 0.512. The first-order valence-corrected chi connectivity index (χ1v) is 10.3. The largest absolute Gasteiger partial charge is 0.361 e. The minimum Gasteiger partial charge on any atom is -0.361 e. The average molecular weight is 384 g/mol. The lowest BCUT2D eigenvalue weighted by Gasteiger charge is -2.16. The number of nitrogens with one attached hydrogen (secondary N) is 2. The summed E-state index contributed by atoms with van der Waals surface area (Å²) in [6.45, 7) is 1.04. The Morgan fingerprint density at radius 3 is 2.86 bits per heavy atom. The second-order valence-electron chi connectivity index (χ2n) is 7.67. The van der Waals surface area contributed by atoms with Crippen molar-refractivity contribution in [3.05, 3.63) is 72.2 Å². The van der Waals surface area contributed by atoms with E-state index in [1.54, 1.807) is 0 Å². The van der Waals surface area contributed by atoms with Crippen LogP contribution >= 0.6 is 0 Å². The lowest BCUT2D eigenvalue weighted by atomic mass is 10.1. The molecule has 1 amide bonds. The molecule has 5 rings (SSSR count). The zero-order valence-electron chi connectivity index (χ0n) is 16.3. The molecule has 0 saturated heterocycles. The van der Waals surface area contributed by atoms with Crippen LogP contribution in [0.1, 0.15) is 30.5 Å². The topological polar surface area (TPSA) is 62.7 Å². The fourth-order valence-corrected chi connectivity index (χ4v) is 4.18. The van der Waals surface area contributed by atoms with Gasteiger partial charge in [-0.25, -0.2) is 4.98 Å². The Bertz CT molecular complexity index is 1150. The fraction of sp³-hybridized carbons (Fsp3) is 0.250. The number of rotatable bonds is 5. The van der Waals surface area contributed by atoms with E-state index < -0.39 is 0 Å². The normalized spacial score (nSPS) is 13.4. The summed E-state index contributed by atoms with van der Waals surface area (Å²) in [5, 5.41) is 4.20. The van der Waals surface area contributed by atoms with Crippen molar-refractivity contribution in [2.45, 2.75) is 38.6 Å². The van der Waals surface area contributed by atoms with Gasteiger partial charge in [-0.05, 0) is 61.6 Å². The Balaban J connectivity index is 1.23. The molecule has 0 radical (unpaired) electrons. The summed E-state index contributed by atoms with van der Waals surface area (Å²) in [5.41, 5.74) is 5.52. The fourth-order valence-electron chi connectivity index (χ4n) is 4.18. The molecular weight excluding hydrogens is 360 g/mol. The maximum Gasteiger partial charge on any atom is 0.224 e. The molecule has 2 aromatic heterocycles. The number of nitrogens with zero attached hydrogens (tertiary/aromatic N) is 2. The summed E-state index contributed by atoms with van der Waals surface area (Å²) >= 11 is 0. The van der Waals surface area contributed by atoms with Crippen molar-refractivity contribution in [1.82, 2.24) is 14.5 Å². The summed E-state index contributed by atoms with van der Waals surface area (Å²) in [6, 6.07) is 16.2. The first kappa shape index (κ1) is 17.7. The summed E-state index contributed by atoms with van der Waals surface area (Å²) in [7, 11) is 0. The van der Waals surface area contributed by atoms with Crippen LogP contribution in [0.3, 0.4) is 0 Å². The van der Waals surface area contributed by atoms with Crippen LogP contribution in [-0.2, 0) is 24.2 Å². The molecule has 29 heavy (non-hydrogen) atoms. The van der Waals surface area contributed by atoms with Crippen LogP contribution in [0.15, 0.2) is 60.9 Å². The van der Waals surface area contributed by atoms with E-state index in [9.17, 15) is 4.79 Å². The molecule has 0 aliphatic carbocycles. The number of imidazole rings is 1. The summed E-state index contributed by atoms with van der Waals surface area (Å²) in [6.07, 6.45) is 8.73. The zero-order chi connectivity index (χ0) is 19.6. The highest BCUT2D eigenvalue weighted by atomic mass is 16.1. The third-order valence-electron chi connectivity index (χ3n) is 5.73. The molecule has 146 valence electrons. The van der Waals surface area contributed by atoms with Crippen LogP contribution in [-0.4, -0.2) is 20.4 Å². The number of carbonyl (C=O) groups excluding carboxylic acids is 1. The Kier molecular flexibility index (Phi) is 4.64. The summed E-state index contributed by atoms with van der Waals surface area (Å²) in [4.78, 5) is 20.3. The smallest absolute Gasteiger partial charge is 0.224 e. The van der Waals surface area contributed by atoms with Gasteiger partial charge in [-0.2, -0.15) is 0 Å². The molecule has 2 aromatic carbocycles. The number of aromatic nitrogens is 3. The van der Waals surface area contributed by atoms with Gasteiger partial charge in [0.05, 0.1) is 0 Å². The van der Waals surface area contributed by atoms with Gasteiger partial charge in [0.15, 0.2) is 0 Å². The molecule has 1 aliphatic heterocycles. The molecule has 0 fully saturated rings. The summed E-state index contributed by atoms with van der Waals surface area (Å²) < 4.78 is 2.32. The van der Waals surface area contributed by atoms with Gasteiger partial charge in [0, 0.05) is 53.2 Å². The Hall–Kier alpha value is -3.34. The molecule has 4 aromatic rings. The second kappa shape index (κ2) is 7.59. The van der Waals surface area contributed by atoms with Crippen LogP contribution in [0.2, 0.25) is 0 Å². The van der Waals surface area contributed by atoms with E-state index in [0.29, 0.717) is 12.8 Å². The molecule has 0 bridgehead atoms. The van der Waals surface area contributed by atoms with E-state index in [1.807, 2.05) is 48.8 Å². The minimum atomic E-state index is 0.0289. The van der Waals surface area contributed by atoms with E-state index in [1.165, 1.54) is 29.5 Å². The van der Waals surface area contributed by atoms with E-state index in [0.717, 1.165) is 35.6 Å². The van der Waals surface area contributed by atoms with Crippen LogP contribution in [0, 0.1) is 0 Å². The van der Waals surface area contributed by atoms with Crippen molar-refractivity contribution in [2.24, 2.45) is 0 Å². The van der Waals surface area contributed by atoms with Crippen molar-refractivity contribution in [3.63, 3.8) is 0 Å². The number of anilines is 1. The van der Waals surface area contributed by atoms with Gasteiger partial charge >= 0.3 is 0 Å². The standard InChI is InChI=1S/C24H24N4O/c29-23(13-10-18-15-25-22-7-2-1-6-21(18)22)27-19-11-8-17(9-12-19)24-26-16-20-5-3-4-14-28(20)24/h1-2,6-9,11-12,15-16,25H,3-5,10,13-14H2,(H,27,29). The predicted octanol–water partition coefficient (Wildman–Crippen LogP) is 4.94. The van der Waals surface area contributed by atoms with Crippen molar-refractivity contribution in [1.29, 1.82) is 0 Å².